The Labute approximate surface area is 92.3 Å². The summed E-state index contributed by atoms with van der Waals surface area (Å²) in [5.41, 5.74) is 2.16. The molecule has 0 radical (unpaired) electrons. The van der Waals surface area contributed by atoms with Gasteiger partial charge in [0.1, 0.15) is 5.75 Å². The largest absolute Gasteiger partial charge is 0.508 e. The van der Waals surface area contributed by atoms with Crippen molar-refractivity contribution in [2.45, 2.75) is 33.7 Å². The van der Waals surface area contributed by atoms with E-state index in [1.165, 1.54) is 5.56 Å². The van der Waals surface area contributed by atoms with E-state index in [0.29, 0.717) is 11.7 Å². The Kier molecular flexibility index (Phi) is 4.15. The first kappa shape index (κ1) is 12.1. The maximum absolute atomic E-state index is 9.73. The van der Waals surface area contributed by atoms with Gasteiger partial charge in [-0.15, -0.1) is 0 Å². The summed E-state index contributed by atoms with van der Waals surface area (Å²) in [4.78, 5) is 0. The number of rotatable bonds is 4. The van der Waals surface area contributed by atoms with Gasteiger partial charge in [0, 0.05) is 11.6 Å². The summed E-state index contributed by atoms with van der Waals surface area (Å²) in [6.45, 7) is 9.44. The van der Waals surface area contributed by atoms with E-state index in [0.717, 1.165) is 12.1 Å². The number of nitrogens with one attached hydrogen (secondary N) is 1. The number of benzene rings is 1. The SMILES string of the molecule is Cc1ccc(O)c(C(C)NCC(C)C)c1. The first-order chi connectivity index (χ1) is 7.00. The summed E-state index contributed by atoms with van der Waals surface area (Å²) in [5.74, 6) is 1.00. The lowest BCUT2D eigenvalue weighted by atomic mass is 10.0. The Hall–Kier alpha value is -1.02. The van der Waals surface area contributed by atoms with Crippen LogP contribution in [-0.2, 0) is 0 Å². The lowest BCUT2D eigenvalue weighted by Gasteiger charge is -2.17. The summed E-state index contributed by atoms with van der Waals surface area (Å²) in [7, 11) is 0. The van der Waals surface area contributed by atoms with Crippen molar-refractivity contribution in [1.29, 1.82) is 0 Å². The molecule has 0 amide bonds. The van der Waals surface area contributed by atoms with Crippen LogP contribution in [-0.4, -0.2) is 11.7 Å². The van der Waals surface area contributed by atoms with Crippen molar-refractivity contribution in [1.82, 2.24) is 5.32 Å². The van der Waals surface area contributed by atoms with E-state index in [4.69, 9.17) is 0 Å². The lowest BCUT2D eigenvalue weighted by Crippen LogP contribution is -2.23. The quantitative estimate of drug-likeness (QED) is 0.795. The van der Waals surface area contributed by atoms with Crippen molar-refractivity contribution in [2.24, 2.45) is 5.92 Å². The van der Waals surface area contributed by atoms with Gasteiger partial charge in [0.15, 0.2) is 0 Å². The van der Waals surface area contributed by atoms with Crippen molar-refractivity contribution in [2.75, 3.05) is 6.54 Å². The highest BCUT2D eigenvalue weighted by atomic mass is 16.3. The first-order valence-electron chi connectivity index (χ1n) is 5.53. The minimum Gasteiger partial charge on any atom is -0.508 e. The summed E-state index contributed by atoms with van der Waals surface area (Å²) in [5, 5.41) is 13.1. The third-order valence-corrected chi connectivity index (χ3v) is 2.48. The molecule has 2 nitrogen and oxygen atoms in total. The average molecular weight is 207 g/mol. The maximum atomic E-state index is 9.73. The third-order valence-electron chi connectivity index (χ3n) is 2.48. The van der Waals surface area contributed by atoms with E-state index in [9.17, 15) is 5.11 Å². The van der Waals surface area contributed by atoms with E-state index in [2.05, 4.69) is 26.1 Å². The normalized spacial score (nSPS) is 13.1. The van der Waals surface area contributed by atoms with Crippen molar-refractivity contribution in [3.8, 4) is 5.75 Å². The van der Waals surface area contributed by atoms with Crippen LogP contribution < -0.4 is 5.32 Å². The van der Waals surface area contributed by atoms with Crippen LogP contribution in [0.3, 0.4) is 0 Å². The lowest BCUT2D eigenvalue weighted by molar-refractivity contribution is 0.442. The van der Waals surface area contributed by atoms with Gasteiger partial charge in [-0.1, -0.05) is 31.5 Å². The number of aromatic hydroxyl groups is 1. The van der Waals surface area contributed by atoms with Gasteiger partial charge in [0.25, 0.3) is 0 Å². The van der Waals surface area contributed by atoms with Crippen LogP contribution in [0.2, 0.25) is 0 Å². The molecule has 1 aromatic rings. The molecule has 0 saturated carbocycles. The molecule has 0 aromatic heterocycles. The zero-order chi connectivity index (χ0) is 11.4. The molecule has 0 fully saturated rings. The van der Waals surface area contributed by atoms with Crippen LogP contribution in [0, 0.1) is 12.8 Å². The topological polar surface area (TPSA) is 32.3 Å². The molecular weight excluding hydrogens is 186 g/mol. The Balaban J connectivity index is 2.72. The first-order valence-corrected chi connectivity index (χ1v) is 5.53. The number of hydrogen-bond acceptors (Lipinski definition) is 2. The maximum Gasteiger partial charge on any atom is 0.120 e. The molecule has 2 heteroatoms. The highest BCUT2D eigenvalue weighted by molar-refractivity contribution is 5.37. The number of phenolic OH excluding ortho intramolecular Hbond substituents is 1. The van der Waals surface area contributed by atoms with Crippen LogP contribution in [0.15, 0.2) is 18.2 Å². The Morgan fingerprint density at radius 1 is 1.27 bits per heavy atom. The predicted molar refractivity (Wildman–Crippen MR) is 64.1 cm³/mol. The van der Waals surface area contributed by atoms with Crippen LogP contribution in [0.5, 0.6) is 5.75 Å². The van der Waals surface area contributed by atoms with Gasteiger partial charge < -0.3 is 10.4 Å². The molecule has 0 aliphatic carbocycles. The van der Waals surface area contributed by atoms with Crippen molar-refractivity contribution >= 4 is 0 Å². The van der Waals surface area contributed by atoms with Gasteiger partial charge in [-0.3, -0.25) is 0 Å². The van der Waals surface area contributed by atoms with E-state index >= 15 is 0 Å². The second-order valence-electron chi connectivity index (χ2n) is 4.59. The van der Waals surface area contributed by atoms with Crippen molar-refractivity contribution in [3.05, 3.63) is 29.3 Å². The minimum absolute atomic E-state index is 0.201. The molecule has 0 saturated heterocycles. The monoisotopic (exact) mass is 207 g/mol. The molecule has 1 rings (SSSR count). The standard InChI is InChI=1S/C13H21NO/c1-9(2)8-14-11(4)12-7-10(3)5-6-13(12)15/h5-7,9,11,14-15H,8H2,1-4H3. The average Bonchev–Trinajstić information content (AvgIpc) is 2.18. The second kappa shape index (κ2) is 5.17. The molecule has 0 heterocycles. The minimum atomic E-state index is 0.201. The molecule has 0 spiro atoms. The highest BCUT2D eigenvalue weighted by Gasteiger charge is 2.10. The number of phenols is 1. The molecule has 15 heavy (non-hydrogen) atoms. The van der Waals surface area contributed by atoms with Gasteiger partial charge in [0.2, 0.25) is 0 Å². The molecular formula is C13H21NO. The fourth-order valence-corrected chi connectivity index (χ4v) is 1.54. The summed E-state index contributed by atoms with van der Waals surface area (Å²) in [6, 6.07) is 5.92. The van der Waals surface area contributed by atoms with E-state index < -0.39 is 0 Å². The number of aryl methyl sites for hydroxylation is 1. The Bertz CT molecular complexity index is 320. The van der Waals surface area contributed by atoms with Crippen molar-refractivity contribution < 1.29 is 5.11 Å². The van der Waals surface area contributed by atoms with Crippen LogP contribution in [0.1, 0.15) is 37.9 Å². The zero-order valence-corrected chi connectivity index (χ0v) is 10.0. The van der Waals surface area contributed by atoms with E-state index in [1.807, 2.05) is 19.1 Å². The molecule has 1 aromatic carbocycles. The fourth-order valence-electron chi connectivity index (χ4n) is 1.54. The summed E-state index contributed by atoms with van der Waals surface area (Å²) >= 11 is 0. The molecule has 0 bridgehead atoms. The Morgan fingerprint density at radius 2 is 1.93 bits per heavy atom. The van der Waals surface area contributed by atoms with Crippen molar-refractivity contribution in [3.63, 3.8) is 0 Å². The molecule has 1 unspecified atom stereocenters. The van der Waals surface area contributed by atoms with Gasteiger partial charge in [0.05, 0.1) is 0 Å². The van der Waals surface area contributed by atoms with Gasteiger partial charge in [-0.05, 0) is 32.4 Å². The molecule has 2 N–H and O–H groups in total. The predicted octanol–water partition coefficient (Wildman–Crippen LogP) is 3.01. The third kappa shape index (κ3) is 3.56. The van der Waals surface area contributed by atoms with E-state index in [-0.39, 0.29) is 6.04 Å². The second-order valence-corrected chi connectivity index (χ2v) is 4.59. The summed E-state index contributed by atoms with van der Waals surface area (Å²) in [6.07, 6.45) is 0. The van der Waals surface area contributed by atoms with Crippen LogP contribution >= 0.6 is 0 Å². The van der Waals surface area contributed by atoms with Gasteiger partial charge >= 0.3 is 0 Å². The van der Waals surface area contributed by atoms with Gasteiger partial charge in [-0.2, -0.15) is 0 Å². The fraction of sp³-hybridized carbons (Fsp3) is 0.538. The zero-order valence-electron chi connectivity index (χ0n) is 10.0. The number of hydrogen-bond donors (Lipinski definition) is 2. The van der Waals surface area contributed by atoms with Gasteiger partial charge in [-0.25, -0.2) is 0 Å². The smallest absolute Gasteiger partial charge is 0.120 e. The Morgan fingerprint density at radius 3 is 2.53 bits per heavy atom. The van der Waals surface area contributed by atoms with Crippen LogP contribution in [0.4, 0.5) is 0 Å². The molecule has 0 aliphatic heterocycles. The van der Waals surface area contributed by atoms with E-state index in [1.54, 1.807) is 6.07 Å². The molecule has 1 atom stereocenters. The summed E-state index contributed by atoms with van der Waals surface area (Å²) < 4.78 is 0. The van der Waals surface area contributed by atoms with Crippen LogP contribution in [0.25, 0.3) is 0 Å². The highest BCUT2D eigenvalue weighted by Crippen LogP contribution is 2.24. The molecule has 84 valence electrons. The molecule has 0 aliphatic rings.